The number of hydrogen-bond acceptors (Lipinski definition) is 7. The Balaban J connectivity index is 1.57. The Labute approximate surface area is 251 Å². The lowest BCUT2D eigenvalue weighted by atomic mass is 9.86. The van der Waals surface area contributed by atoms with Gasteiger partial charge in [-0.3, -0.25) is 0 Å². The fourth-order valence-corrected chi connectivity index (χ4v) is 5.26. The van der Waals surface area contributed by atoms with E-state index in [1.54, 1.807) is 56.3 Å². The highest BCUT2D eigenvalue weighted by Crippen LogP contribution is 2.47. The second-order valence-electron chi connectivity index (χ2n) is 13.7. The average Bonchev–Trinajstić information content (AvgIpc) is 2.93. The lowest BCUT2D eigenvalue weighted by Crippen LogP contribution is -2.52. The molecule has 0 amide bonds. The van der Waals surface area contributed by atoms with Gasteiger partial charge >= 0.3 is 17.6 Å². The van der Waals surface area contributed by atoms with E-state index in [0.717, 1.165) is 11.1 Å². The molecule has 0 saturated heterocycles. The van der Waals surface area contributed by atoms with Crippen LogP contribution in [0.1, 0.15) is 98.9 Å². The highest BCUT2D eigenvalue weighted by atomic mass is 16.6. The van der Waals surface area contributed by atoms with Gasteiger partial charge in [-0.05, 0) is 78.3 Å². The van der Waals surface area contributed by atoms with E-state index in [4.69, 9.17) is 18.6 Å². The molecule has 5 rings (SSSR count). The largest absolute Gasteiger partial charge is 0.483 e. The fraction of sp³-hybridized carbons (Fsp3) is 0.361. The van der Waals surface area contributed by atoms with Crippen LogP contribution in [0, 0.1) is 0 Å². The molecule has 7 heteroatoms. The zero-order chi connectivity index (χ0) is 31.3. The molecule has 2 heterocycles. The molecule has 0 fully saturated rings. The minimum Gasteiger partial charge on any atom is -0.483 e. The number of esters is 2. The van der Waals surface area contributed by atoms with Crippen LogP contribution in [0.5, 0.6) is 5.75 Å². The van der Waals surface area contributed by atoms with Gasteiger partial charge in [0, 0.05) is 11.5 Å². The summed E-state index contributed by atoms with van der Waals surface area (Å²) in [6, 6.07) is 20.9. The number of carbonyl (C=O) groups is 2. The maximum absolute atomic E-state index is 13.6. The quantitative estimate of drug-likeness (QED) is 0.180. The summed E-state index contributed by atoms with van der Waals surface area (Å²) in [4.78, 5) is 39.5. The zero-order valence-electron chi connectivity index (χ0n) is 25.9. The summed E-state index contributed by atoms with van der Waals surface area (Å²) in [7, 11) is 0. The van der Waals surface area contributed by atoms with Gasteiger partial charge < -0.3 is 18.6 Å². The van der Waals surface area contributed by atoms with Gasteiger partial charge in [0.25, 0.3) is 0 Å². The molecule has 4 aromatic rings. The first-order chi connectivity index (χ1) is 20.0. The number of benzene rings is 3. The van der Waals surface area contributed by atoms with Crippen molar-refractivity contribution in [2.45, 2.75) is 84.0 Å². The lowest BCUT2D eigenvalue weighted by Gasteiger charge is -2.43. The summed E-state index contributed by atoms with van der Waals surface area (Å²) in [5.41, 5.74) is 1.51. The Kier molecular flexibility index (Phi) is 7.49. The molecule has 1 aromatic heterocycles. The van der Waals surface area contributed by atoms with Gasteiger partial charge in [0.1, 0.15) is 16.9 Å². The molecule has 43 heavy (non-hydrogen) atoms. The van der Waals surface area contributed by atoms with Gasteiger partial charge in [-0.1, -0.05) is 65.8 Å². The predicted octanol–water partition coefficient (Wildman–Crippen LogP) is 7.68. The first-order valence-corrected chi connectivity index (χ1v) is 14.4. The normalized spacial score (nSPS) is 18.0. The molecule has 0 spiro atoms. The van der Waals surface area contributed by atoms with E-state index in [1.807, 2.05) is 24.3 Å². The number of ether oxygens (including phenoxy) is 3. The van der Waals surface area contributed by atoms with E-state index in [1.165, 1.54) is 6.07 Å². The second kappa shape index (κ2) is 10.7. The van der Waals surface area contributed by atoms with Gasteiger partial charge in [-0.2, -0.15) is 0 Å². The first kappa shape index (κ1) is 30.1. The Morgan fingerprint density at radius 3 is 1.70 bits per heavy atom. The summed E-state index contributed by atoms with van der Waals surface area (Å²) in [5, 5.41) is 0.611. The SMILES string of the molecule is CC(C)(C)c1ccc(C(=O)OC2c3c(ccc4ccc(=O)oc34)OC(C)(C)C2OC(=O)c2ccc(C(C)(C)C)cc2)cc1. The standard InChI is InChI=1S/C36H38O7/c1-34(2,3)24-15-9-22(10-16-24)32(38)41-30-28-26(19-13-21-14-20-27(37)40-29(21)28)43-36(7,8)31(30)42-33(39)23-11-17-25(18-12-23)35(4,5)6/h9-20,30-31H,1-8H3. The van der Waals surface area contributed by atoms with E-state index in [2.05, 4.69) is 41.5 Å². The number of rotatable bonds is 4. The average molecular weight is 583 g/mol. The molecule has 1 aliphatic heterocycles. The van der Waals surface area contributed by atoms with Crippen LogP contribution >= 0.6 is 0 Å². The predicted molar refractivity (Wildman–Crippen MR) is 165 cm³/mol. The summed E-state index contributed by atoms with van der Waals surface area (Å²) in [5.74, 6) is -0.836. The molecule has 7 nitrogen and oxygen atoms in total. The zero-order valence-corrected chi connectivity index (χ0v) is 25.9. The topological polar surface area (TPSA) is 92.0 Å². The van der Waals surface area contributed by atoms with Gasteiger partial charge in [-0.15, -0.1) is 0 Å². The van der Waals surface area contributed by atoms with Crippen LogP contribution in [0.4, 0.5) is 0 Å². The van der Waals surface area contributed by atoms with Crippen molar-refractivity contribution in [1.29, 1.82) is 0 Å². The first-order valence-electron chi connectivity index (χ1n) is 14.4. The van der Waals surface area contributed by atoms with Crippen LogP contribution in [0.15, 0.2) is 82.0 Å². The van der Waals surface area contributed by atoms with Crippen molar-refractivity contribution in [1.82, 2.24) is 0 Å². The highest BCUT2D eigenvalue weighted by Gasteiger charge is 2.50. The smallest absolute Gasteiger partial charge is 0.338 e. The summed E-state index contributed by atoms with van der Waals surface area (Å²) < 4.78 is 24.2. The van der Waals surface area contributed by atoms with E-state index >= 15 is 0 Å². The third kappa shape index (κ3) is 6.07. The van der Waals surface area contributed by atoms with Crippen molar-refractivity contribution < 1.29 is 28.2 Å². The van der Waals surface area contributed by atoms with Crippen LogP contribution < -0.4 is 10.4 Å². The molecule has 0 N–H and O–H groups in total. The van der Waals surface area contributed by atoms with E-state index in [9.17, 15) is 14.4 Å². The van der Waals surface area contributed by atoms with Crippen LogP contribution in [0.3, 0.4) is 0 Å². The van der Waals surface area contributed by atoms with Crippen molar-refractivity contribution in [3.8, 4) is 5.75 Å². The van der Waals surface area contributed by atoms with Gasteiger partial charge in [-0.25, -0.2) is 14.4 Å². The molecule has 0 bridgehead atoms. The van der Waals surface area contributed by atoms with Gasteiger partial charge in [0.2, 0.25) is 0 Å². The lowest BCUT2D eigenvalue weighted by molar-refractivity contribution is -0.122. The number of fused-ring (bicyclic) bond motifs is 3. The maximum Gasteiger partial charge on any atom is 0.338 e. The van der Waals surface area contributed by atoms with Crippen LogP contribution in [0.2, 0.25) is 0 Å². The molecule has 0 radical (unpaired) electrons. The monoisotopic (exact) mass is 582 g/mol. The summed E-state index contributed by atoms with van der Waals surface area (Å²) >= 11 is 0. The van der Waals surface area contributed by atoms with Crippen LogP contribution in [-0.2, 0) is 20.3 Å². The summed E-state index contributed by atoms with van der Waals surface area (Å²) in [6.07, 6.45) is -2.22. The van der Waals surface area contributed by atoms with E-state index < -0.39 is 35.4 Å². The fourth-order valence-electron chi connectivity index (χ4n) is 5.26. The number of carbonyl (C=O) groups excluding carboxylic acids is 2. The molecule has 2 atom stereocenters. The molecule has 1 aliphatic rings. The van der Waals surface area contributed by atoms with Gasteiger partial charge in [0.15, 0.2) is 12.2 Å². The third-order valence-corrected chi connectivity index (χ3v) is 7.85. The Morgan fingerprint density at radius 2 is 1.19 bits per heavy atom. The summed E-state index contributed by atoms with van der Waals surface area (Å²) in [6.45, 7) is 16.1. The van der Waals surface area contributed by atoms with Crippen molar-refractivity contribution in [3.05, 3.63) is 111 Å². The second-order valence-corrected chi connectivity index (χ2v) is 13.7. The van der Waals surface area contributed by atoms with Crippen LogP contribution in [0.25, 0.3) is 11.0 Å². The van der Waals surface area contributed by atoms with Crippen molar-refractivity contribution in [3.63, 3.8) is 0 Å². The van der Waals surface area contributed by atoms with Crippen molar-refractivity contribution in [2.24, 2.45) is 0 Å². The molecular formula is C36H38O7. The molecule has 224 valence electrons. The van der Waals surface area contributed by atoms with E-state index in [-0.39, 0.29) is 16.4 Å². The Hall–Kier alpha value is -4.39. The molecular weight excluding hydrogens is 544 g/mol. The molecule has 0 saturated carbocycles. The van der Waals surface area contributed by atoms with Crippen molar-refractivity contribution >= 4 is 22.9 Å². The van der Waals surface area contributed by atoms with Crippen molar-refractivity contribution in [2.75, 3.05) is 0 Å². The van der Waals surface area contributed by atoms with E-state index in [0.29, 0.717) is 27.8 Å². The minimum atomic E-state index is -1.14. The molecule has 2 unspecified atom stereocenters. The molecule has 0 aliphatic carbocycles. The number of hydrogen-bond donors (Lipinski definition) is 0. The third-order valence-electron chi connectivity index (χ3n) is 7.85. The minimum absolute atomic E-state index is 0.0826. The highest BCUT2D eigenvalue weighted by molar-refractivity contribution is 5.91. The molecule has 3 aromatic carbocycles. The Morgan fingerprint density at radius 1 is 0.698 bits per heavy atom. The van der Waals surface area contributed by atoms with Gasteiger partial charge in [0.05, 0.1) is 16.7 Å². The van der Waals surface area contributed by atoms with Crippen LogP contribution in [-0.4, -0.2) is 23.6 Å². The Bertz CT molecular complexity index is 1730. The maximum atomic E-state index is 13.6.